The largest absolute Gasteiger partial charge is 0.0844 e. The maximum atomic E-state index is 5.79. The van der Waals surface area contributed by atoms with Gasteiger partial charge in [-0.05, 0) is 17.3 Å². The van der Waals surface area contributed by atoms with E-state index >= 15 is 0 Å². The van der Waals surface area contributed by atoms with Crippen molar-refractivity contribution in [3.63, 3.8) is 0 Å². The Labute approximate surface area is 77.5 Å². The average Bonchev–Trinajstić information content (AvgIpc) is 1.82. The Morgan fingerprint density at radius 1 is 1.00 bits per heavy atom. The summed E-state index contributed by atoms with van der Waals surface area (Å²) in [5, 5.41) is 2.94. The normalized spacial score (nSPS) is 10.3. The molecular formula is C6H5Cl3Si. The molecule has 0 saturated carbocycles. The van der Waals surface area contributed by atoms with E-state index in [1.165, 1.54) is 0 Å². The van der Waals surface area contributed by atoms with Gasteiger partial charge in [-0.25, -0.2) is 0 Å². The zero-order valence-electron chi connectivity index (χ0n) is 5.29. The molecule has 0 N–H and O–H groups in total. The van der Waals surface area contributed by atoms with Crippen LogP contribution in [0.1, 0.15) is 0 Å². The van der Waals surface area contributed by atoms with Gasteiger partial charge >= 0.3 is 0 Å². The Morgan fingerprint density at radius 2 is 1.40 bits per heavy atom. The number of hydrogen-bond donors (Lipinski definition) is 0. The van der Waals surface area contributed by atoms with Crippen LogP contribution in [0.4, 0.5) is 0 Å². The lowest BCUT2D eigenvalue weighted by molar-refractivity contribution is 1.76. The van der Waals surface area contributed by atoms with Gasteiger partial charge in [0.1, 0.15) is 0 Å². The van der Waals surface area contributed by atoms with Gasteiger partial charge in [0.15, 0.2) is 0 Å². The van der Waals surface area contributed by atoms with Crippen molar-refractivity contribution in [3.8, 4) is 0 Å². The monoisotopic (exact) mass is 210 g/mol. The maximum Gasteiger partial charge on any atom is 0.0435 e. The van der Waals surface area contributed by atoms with E-state index in [0.717, 1.165) is 15.4 Å². The molecule has 1 rings (SSSR count). The minimum Gasteiger partial charge on any atom is -0.0844 e. The van der Waals surface area contributed by atoms with Crippen LogP contribution in [-0.4, -0.2) is 10.2 Å². The van der Waals surface area contributed by atoms with Crippen LogP contribution in [0.25, 0.3) is 0 Å². The van der Waals surface area contributed by atoms with Crippen molar-refractivity contribution in [2.24, 2.45) is 0 Å². The fourth-order valence-corrected chi connectivity index (χ4v) is 1.72. The molecule has 0 spiro atoms. The molecule has 0 atom stereocenters. The van der Waals surface area contributed by atoms with Crippen molar-refractivity contribution in [2.45, 2.75) is 0 Å². The molecule has 4 heteroatoms. The van der Waals surface area contributed by atoms with Gasteiger partial charge in [0, 0.05) is 25.3 Å². The Morgan fingerprint density at radius 3 is 1.80 bits per heavy atom. The lowest BCUT2D eigenvalue weighted by Crippen LogP contribution is -2.04. The minimum absolute atomic E-state index is 0.592. The summed E-state index contributed by atoms with van der Waals surface area (Å²) in [7, 11) is 0.854. The summed E-state index contributed by atoms with van der Waals surface area (Å²) in [4.78, 5) is 0. The maximum absolute atomic E-state index is 5.79. The second-order valence-corrected chi connectivity index (χ2v) is 4.25. The van der Waals surface area contributed by atoms with Crippen molar-refractivity contribution < 1.29 is 0 Å². The zero-order valence-corrected chi connectivity index (χ0v) is 9.56. The summed E-state index contributed by atoms with van der Waals surface area (Å²) < 4.78 is 0. The Bertz CT molecular complexity index is 236. The highest BCUT2D eigenvalue weighted by Crippen LogP contribution is 2.19. The van der Waals surface area contributed by atoms with Crippen molar-refractivity contribution in [2.75, 3.05) is 0 Å². The average molecular weight is 212 g/mol. The molecule has 0 nitrogen and oxygen atoms in total. The molecule has 0 heterocycles. The van der Waals surface area contributed by atoms with Gasteiger partial charge in [-0.3, -0.25) is 0 Å². The summed E-state index contributed by atoms with van der Waals surface area (Å²) in [5.41, 5.74) is 0. The van der Waals surface area contributed by atoms with Crippen LogP contribution >= 0.6 is 34.8 Å². The van der Waals surface area contributed by atoms with Gasteiger partial charge in [-0.2, -0.15) is 0 Å². The number of rotatable bonds is 0. The van der Waals surface area contributed by atoms with Gasteiger partial charge in [-0.15, -0.1) is 0 Å². The summed E-state index contributed by atoms with van der Waals surface area (Å²) in [5.74, 6) is 0. The van der Waals surface area contributed by atoms with Crippen LogP contribution < -0.4 is 5.19 Å². The van der Waals surface area contributed by atoms with E-state index in [1.54, 1.807) is 12.1 Å². The lowest BCUT2D eigenvalue weighted by Gasteiger charge is -2.00. The molecule has 1 aromatic rings. The Balaban J connectivity index is 3.31. The van der Waals surface area contributed by atoms with Crippen molar-refractivity contribution in [1.29, 1.82) is 0 Å². The highest BCUT2D eigenvalue weighted by Gasteiger charge is 2.00. The lowest BCUT2D eigenvalue weighted by atomic mass is 10.3. The second-order valence-electron chi connectivity index (χ2n) is 1.99. The molecule has 0 radical (unpaired) electrons. The SMILES string of the molecule is [SiH3]c1c(Cl)cc(Cl)cc1Cl. The van der Waals surface area contributed by atoms with Crippen LogP contribution in [0.3, 0.4) is 0 Å². The van der Waals surface area contributed by atoms with Gasteiger partial charge < -0.3 is 0 Å². The zero-order chi connectivity index (χ0) is 7.72. The molecule has 0 amide bonds. The van der Waals surface area contributed by atoms with Crippen LogP contribution in [0, 0.1) is 0 Å². The summed E-state index contributed by atoms with van der Waals surface area (Å²) in [6.07, 6.45) is 0. The van der Waals surface area contributed by atoms with E-state index < -0.39 is 0 Å². The Hall–Kier alpha value is 0.307. The standard InChI is InChI=1S/C6H5Cl3Si/c7-3-1-4(8)6(10)5(9)2-3/h1-2H,10H3. The van der Waals surface area contributed by atoms with Gasteiger partial charge in [0.05, 0.1) is 0 Å². The topological polar surface area (TPSA) is 0 Å². The quantitative estimate of drug-likeness (QED) is 0.573. The first kappa shape index (κ1) is 8.40. The Kier molecular flexibility index (Phi) is 2.64. The number of hydrogen-bond acceptors (Lipinski definition) is 0. The summed E-state index contributed by atoms with van der Waals surface area (Å²) in [6, 6.07) is 3.41. The second kappa shape index (κ2) is 3.14. The smallest absolute Gasteiger partial charge is 0.0435 e. The van der Waals surface area contributed by atoms with Crippen LogP contribution in [0.5, 0.6) is 0 Å². The molecule has 0 aliphatic rings. The van der Waals surface area contributed by atoms with E-state index in [0.29, 0.717) is 15.1 Å². The van der Waals surface area contributed by atoms with E-state index in [9.17, 15) is 0 Å². The molecule has 0 unspecified atom stereocenters. The van der Waals surface area contributed by atoms with Crippen molar-refractivity contribution in [1.82, 2.24) is 0 Å². The van der Waals surface area contributed by atoms with Crippen LogP contribution in [-0.2, 0) is 0 Å². The highest BCUT2D eigenvalue weighted by molar-refractivity contribution is 6.52. The molecule has 0 aliphatic heterocycles. The predicted molar refractivity (Wildman–Crippen MR) is 51.0 cm³/mol. The van der Waals surface area contributed by atoms with Crippen molar-refractivity contribution >= 4 is 50.2 Å². The number of benzene rings is 1. The van der Waals surface area contributed by atoms with Gasteiger partial charge in [0.2, 0.25) is 0 Å². The predicted octanol–water partition coefficient (Wildman–Crippen LogP) is 1.64. The fraction of sp³-hybridized carbons (Fsp3) is 0. The summed E-state index contributed by atoms with van der Waals surface area (Å²) in [6.45, 7) is 0. The highest BCUT2D eigenvalue weighted by atomic mass is 35.5. The first-order valence-corrected chi connectivity index (χ1v) is 4.86. The number of halogens is 3. The molecule has 54 valence electrons. The van der Waals surface area contributed by atoms with Gasteiger partial charge in [0.25, 0.3) is 0 Å². The third-order valence-corrected chi connectivity index (χ3v) is 3.96. The van der Waals surface area contributed by atoms with Gasteiger partial charge in [-0.1, -0.05) is 34.8 Å². The molecular weight excluding hydrogens is 207 g/mol. The third kappa shape index (κ3) is 1.67. The molecule has 1 aromatic carbocycles. The van der Waals surface area contributed by atoms with Crippen LogP contribution in [0.2, 0.25) is 15.1 Å². The van der Waals surface area contributed by atoms with E-state index in [4.69, 9.17) is 34.8 Å². The molecule has 0 fully saturated rings. The summed E-state index contributed by atoms with van der Waals surface area (Å²) >= 11 is 17.2. The molecule has 0 aromatic heterocycles. The first-order valence-electron chi connectivity index (χ1n) is 2.72. The van der Waals surface area contributed by atoms with Crippen molar-refractivity contribution in [3.05, 3.63) is 27.2 Å². The molecule has 0 saturated heterocycles. The minimum atomic E-state index is 0.592. The molecule has 10 heavy (non-hydrogen) atoms. The van der Waals surface area contributed by atoms with E-state index in [2.05, 4.69) is 0 Å². The van der Waals surface area contributed by atoms with E-state index in [1.807, 2.05) is 0 Å². The van der Waals surface area contributed by atoms with E-state index in [-0.39, 0.29) is 0 Å². The third-order valence-electron chi connectivity index (χ3n) is 1.25. The molecule has 0 bridgehead atoms. The first-order chi connectivity index (χ1) is 4.61. The fourth-order valence-electron chi connectivity index (χ4n) is 0.614. The van der Waals surface area contributed by atoms with Crippen LogP contribution in [0.15, 0.2) is 12.1 Å². The molecule has 0 aliphatic carbocycles.